The van der Waals surface area contributed by atoms with Gasteiger partial charge in [0.1, 0.15) is 0 Å². The summed E-state index contributed by atoms with van der Waals surface area (Å²) in [6.45, 7) is 5.65. The van der Waals surface area contributed by atoms with Crippen molar-refractivity contribution in [2.45, 2.75) is 51.1 Å². The molecule has 132 valence electrons. The Balaban J connectivity index is 1.36. The molecule has 1 aromatic rings. The number of carbonyl (C=O) groups is 1. The highest BCUT2D eigenvalue weighted by Gasteiger charge is 2.29. The minimum atomic E-state index is 0.0918. The quantitative estimate of drug-likeness (QED) is 0.920. The first-order valence-electron chi connectivity index (χ1n) is 9.57. The third-order valence-electron chi connectivity index (χ3n) is 5.83. The zero-order valence-corrected chi connectivity index (χ0v) is 14.5. The summed E-state index contributed by atoms with van der Waals surface area (Å²) < 4.78 is 2.12. The van der Waals surface area contributed by atoms with Crippen LogP contribution in [0.15, 0.2) is 12.3 Å². The number of fused-ring (bicyclic) bond motifs is 1. The normalized spacial score (nSPS) is 25.2. The molecule has 1 N–H and O–H groups in total. The third-order valence-corrected chi connectivity index (χ3v) is 5.83. The Morgan fingerprint density at radius 1 is 1.21 bits per heavy atom. The molecule has 3 aliphatic rings. The summed E-state index contributed by atoms with van der Waals surface area (Å²) >= 11 is 0. The van der Waals surface area contributed by atoms with E-state index in [-0.39, 0.29) is 12.1 Å². The van der Waals surface area contributed by atoms with E-state index in [0.29, 0.717) is 6.54 Å². The standard InChI is InChI=1S/C18H29N5O/c24-18(22-9-3-4-10-22)19-11-17-14-21(12-15-5-1-2-6-15)13-16-7-8-20-23(16)17/h7-8,15,17H,1-6,9-14H2,(H,19,24). The molecule has 4 rings (SSSR count). The fourth-order valence-corrected chi connectivity index (χ4v) is 4.55. The summed E-state index contributed by atoms with van der Waals surface area (Å²) in [5, 5.41) is 7.64. The number of carbonyl (C=O) groups excluding carboxylic acids is 1. The Labute approximate surface area is 144 Å². The SMILES string of the molecule is O=C(NCC1CN(CC2CCCC2)Cc2ccnn21)N1CCCC1. The fraction of sp³-hybridized carbons (Fsp3) is 0.778. The summed E-state index contributed by atoms with van der Waals surface area (Å²) in [6, 6.07) is 2.46. The van der Waals surface area contributed by atoms with Crippen LogP contribution in [0.3, 0.4) is 0 Å². The molecule has 0 bridgehead atoms. The average molecular weight is 331 g/mol. The predicted octanol–water partition coefficient (Wildman–Crippen LogP) is 2.24. The second kappa shape index (κ2) is 7.13. The van der Waals surface area contributed by atoms with E-state index in [4.69, 9.17) is 0 Å². The molecular weight excluding hydrogens is 302 g/mol. The highest BCUT2D eigenvalue weighted by molar-refractivity contribution is 5.74. The first kappa shape index (κ1) is 15.9. The van der Waals surface area contributed by atoms with E-state index in [1.54, 1.807) is 0 Å². The van der Waals surface area contributed by atoms with Crippen LogP contribution in [0.5, 0.6) is 0 Å². The molecule has 1 aromatic heterocycles. The van der Waals surface area contributed by atoms with Crippen LogP contribution < -0.4 is 5.32 Å². The molecule has 2 aliphatic heterocycles. The molecule has 1 aliphatic carbocycles. The third kappa shape index (κ3) is 3.43. The molecule has 3 heterocycles. The lowest BCUT2D eigenvalue weighted by Gasteiger charge is -2.35. The number of nitrogens with one attached hydrogen (secondary N) is 1. The zero-order chi connectivity index (χ0) is 16.4. The van der Waals surface area contributed by atoms with Crippen LogP contribution >= 0.6 is 0 Å². The first-order chi connectivity index (χ1) is 11.8. The smallest absolute Gasteiger partial charge is 0.317 e. The van der Waals surface area contributed by atoms with Crippen molar-refractivity contribution in [3.8, 4) is 0 Å². The predicted molar refractivity (Wildman–Crippen MR) is 92.7 cm³/mol. The van der Waals surface area contributed by atoms with Gasteiger partial charge in [0.05, 0.1) is 11.7 Å². The van der Waals surface area contributed by atoms with E-state index in [1.807, 2.05) is 11.1 Å². The second-order valence-electron chi connectivity index (χ2n) is 7.65. The topological polar surface area (TPSA) is 53.4 Å². The summed E-state index contributed by atoms with van der Waals surface area (Å²) in [5.41, 5.74) is 1.28. The van der Waals surface area contributed by atoms with Crippen LogP contribution in [0.25, 0.3) is 0 Å². The van der Waals surface area contributed by atoms with Gasteiger partial charge in [0.15, 0.2) is 0 Å². The molecule has 2 amide bonds. The number of likely N-dealkylation sites (tertiary alicyclic amines) is 1. The monoisotopic (exact) mass is 331 g/mol. The maximum absolute atomic E-state index is 12.3. The van der Waals surface area contributed by atoms with Gasteiger partial charge in [-0.05, 0) is 37.7 Å². The van der Waals surface area contributed by atoms with Crippen LogP contribution in [0.1, 0.15) is 50.3 Å². The van der Waals surface area contributed by atoms with Gasteiger partial charge in [0.2, 0.25) is 0 Å². The lowest BCUT2D eigenvalue weighted by molar-refractivity contribution is 0.148. The minimum Gasteiger partial charge on any atom is -0.336 e. The molecular formula is C18H29N5O. The van der Waals surface area contributed by atoms with Gasteiger partial charge in [0.25, 0.3) is 0 Å². The van der Waals surface area contributed by atoms with Gasteiger partial charge < -0.3 is 10.2 Å². The van der Waals surface area contributed by atoms with Crippen molar-refractivity contribution in [3.05, 3.63) is 18.0 Å². The Bertz CT molecular complexity index is 560. The first-order valence-corrected chi connectivity index (χ1v) is 9.57. The minimum absolute atomic E-state index is 0.0918. The maximum atomic E-state index is 12.3. The van der Waals surface area contributed by atoms with E-state index >= 15 is 0 Å². The zero-order valence-electron chi connectivity index (χ0n) is 14.5. The maximum Gasteiger partial charge on any atom is 0.317 e. The van der Waals surface area contributed by atoms with E-state index in [2.05, 4.69) is 26.1 Å². The van der Waals surface area contributed by atoms with Gasteiger partial charge >= 0.3 is 6.03 Å². The molecule has 1 unspecified atom stereocenters. The summed E-state index contributed by atoms with van der Waals surface area (Å²) in [6.07, 6.45) is 9.71. The van der Waals surface area contributed by atoms with Crippen LogP contribution in [0.4, 0.5) is 4.79 Å². The highest BCUT2D eigenvalue weighted by atomic mass is 16.2. The molecule has 6 heteroatoms. The Morgan fingerprint density at radius 3 is 2.79 bits per heavy atom. The van der Waals surface area contributed by atoms with Gasteiger partial charge in [-0.25, -0.2) is 4.79 Å². The Kier molecular flexibility index (Phi) is 4.74. The number of nitrogens with zero attached hydrogens (tertiary/aromatic N) is 4. The van der Waals surface area contributed by atoms with Gasteiger partial charge in [-0.2, -0.15) is 5.10 Å². The number of amides is 2. The van der Waals surface area contributed by atoms with Gasteiger partial charge in [-0.1, -0.05) is 12.8 Å². The van der Waals surface area contributed by atoms with Crippen LogP contribution in [-0.4, -0.2) is 58.3 Å². The largest absolute Gasteiger partial charge is 0.336 e. The summed E-state index contributed by atoms with van der Waals surface area (Å²) in [7, 11) is 0. The van der Waals surface area contributed by atoms with Crippen molar-refractivity contribution in [1.82, 2.24) is 24.9 Å². The van der Waals surface area contributed by atoms with Gasteiger partial charge in [-0.3, -0.25) is 9.58 Å². The molecule has 1 atom stereocenters. The summed E-state index contributed by atoms with van der Waals surface area (Å²) in [4.78, 5) is 16.8. The molecule has 1 saturated heterocycles. The van der Waals surface area contributed by atoms with Crippen LogP contribution in [0, 0.1) is 5.92 Å². The van der Waals surface area contributed by atoms with Crippen molar-refractivity contribution in [2.24, 2.45) is 5.92 Å². The lowest BCUT2D eigenvalue weighted by Crippen LogP contribution is -2.46. The van der Waals surface area contributed by atoms with Gasteiger partial charge in [-0.15, -0.1) is 0 Å². The highest BCUT2D eigenvalue weighted by Crippen LogP contribution is 2.28. The molecule has 0 spiro atoms. The Hall–Kier alpha value is -1.56. The molecule has 0 radical (unpaired) electrons. The second-order valence-corrected chi connectivity index (χ2v) is 7.65. The number of hydrogen-bond acceptors (Lipinski definition) is 3. The molecule has 24 heavy (non-hydrogen) atoms. The lowest BCUT2D eigenvalue weighted by atomic mass is 10.1. The summed E-state index contributed by atoms with van der Waals surface area (Å²) in [5.74, 6) is 0.860. The molecule has 6 nitrogen and oxygen atoms in total. The van der Waals surface area contributed by atoms with E-state index < -0.39 is 0 Å². The van der Waals surface area contributed by atoms with Crippen LogP contribution in [-0.2, 0) is 6.54 Å². The van der Waals surface area contributed by atoms with Crippen molar-refractivity contribution in [3.63, 3.8) is 0 Å². The number of hydrogen-bond donors (Lipinski definition) is 1. The average Bonchev–Trinajstić information content (AvgIpc) is 3.32. The number of aromatic nitrogens is 2. The van der Waals surface area contributed by atoms with Crippen molar-refractivity contribution >= 4 is 6.03 Å². The van der Waals surface area contributed by atoms with E-state index in [0.717, 1.165) is 44.9 Å². The van der Waals surface area contributed by atoms with E-state index in [9.17, 15) is 4.79 Å². The van der Waals surface area contributed by atoms with Gasteiger partial charge in [0, 0.05) is 45.5 Å². The van der Waals surface area contributed by atoms with Crippen molar-refractivity contribution in [2.75, 3.05) is 32.7 Å². The van der Waals surface area contributed by atoms with Crippen molar-refractivity contribution < 1.29 is 4.79 Å². The molecule has 0 aromatic carbocycles. The fourth-order valence-electron chi connectivity index (χ4n) is 4.55. The number of urea groups is 1. The Morgan fingerprint density at radius 2 is 2.00 bits per heavy atom. The molecule has 1 saturated carbocycles. The van der Waals surface area contributed by atoms with Crippen molar-refractivity contribution in [1.29, 1.82) is 0 Å². The number of rotatable bonds is 4. The van der Waals surface area contributed by atoms with E-state index in [1.165, 1.54) is 37.9 Å². The molecule has 2 fully saturated rings. The van der Waals surface area contributed by atoms with Crippen LogP contribution in [0.2, 0.25) is 0 Å².